The summed E-state index contributed by atoms with van der Waals surface area (Å²) < 4.78 is 0. The lowest BCUT2D eigenvalue weighted by molar-refractivity contribution is -0.117. The zero-order valence-corrected chi connectivity index (χ0v) is 11.1. The molecule has 0 saturated heterocycles. The van der Waals surface area contributed by atoms with E-state index in [1.807, 2.05) is 0 Å². The maximum atomic E-state index is 11.9. The van der Waals surface area contributed by atoms with Gasteiger partial charge in [0.05, 0.1) is 12.1 Å². The average molecular weight is 254 g/mol. The molecule has 3 heterocycles. The highest BCUT2D eigenvalue weighted by atomic mass is 16.2. The van der Waals surface area contributed by atoms with Gasteiger partial charge in [-0.05, 0) is 37.3 Å². The summed E-state index contributed by atoms with van der Waals surface area (Å²) in [5, 5.41) is 3.06. The molecule has 2 unspecified atom stereocenters. The van der Waals surface area contributed by atoms with Crippen LogP contribution in [0.2, 0.25) is 0 Å². The number of nitrogens with one attached hydrogen (secondary N) is 1. The Kier molecular flexibility index (Phi) is 2.25. The van der Waals surface area contributed by atoms with Gasteiger partial charge in [0.25, 0.3) is 0 Å². The first-order valence-corrected chi connectivity index (χ1v) is 7.14. The van der Waals surface area contributed by atoms with Gasteiger partial charge in [0.15, 0.2) is 0 Å². The van der Waals surface area contributed by atoms with Crippen molar-refractivity contribution in [3.8, 4) is 0 Å². The summed E-state index contributed by atoms with van der Waals surface area (Å²) in [6.07, 6.45) is 3.07. The summed E-state index contributed by atoms with van der Waals surface area (Å²) in [6.45, 7) is 3.14. The number of rotatable bonds is 0. The molecule has 3 nitrogen and oxygen atoms in total. The van der Waals surface area contributed by atoms with E-state index in [4.69, 9.17) is 0 Å². The summed E-state index contributed by atoms with van der Waals surface area (Å²) >= 11 is 0. The Bertz CT molecular complexity index is 590. The minimum absolute atomic E-state index is 0.153. The molecule has 0 saturated carbocycles. The fourth-order valence-corrected chi connectivity index (χ4v) is 3.93. The van der Waals surface area contributed by atoms with Gasteiger partial charge in [-0.3, -0.25) is 4.79 Å². The summed E-state index contributed by atoms with van der Waals surface area (Å²) in [5.74, 6) is 0.153. The van der Waals surface area contributed by atoms with E-state index in [9.17, 15) is 4.79 Å². The normalized spacial score (nSPS) is 28.7. The fraction of sp³-hybridized carbons (Fsp3) is 0.438. The first kappa shape index (κ1) is 11.1. The van der Waals surface area contributed by atoms with Crippen molar-refractivity contribution in [2.75, 3.05) is 6.54 Å². The number of hydrogen-bond acceptors (Lipinski definition) is 2. The van der Waals surface area contributed by atoms with Crippen LogP contribution in [0.3, 0.4) is 0 Å². The van der Waals surface area contributed by atoms with Crippen molar-refractivity contribution in [1.29, 1.82) is 0 Å². The van der Waals surface area contributed by atoms with Crippen LogP contribution in [0.25, 0.3) is 0 Å². The van der Waals surface area contributed by atoms with Crippen LogP contribution < -0.4 is 5.32 Å². The summed E-state index contributed by atoms with van der Waals surface area (Å²) in [5.41, 5.74) is 5.24. The van der Waals surface area contributed by atoms with E-state index in [0.717, 1.165) is 31.4 Å². The molecular formula is C16H18N2O. The molecule has 0 bridgehead atoms. The molecule has 1 aromatic carbocycles. The first-order valence-electron chi connectivity index (χ1n) is 7.14. The summed E-state index contributed by atoms with van der Waals surface area (Å²) in [6, 6.07) is 9.42. The summed E-state index contributed by atoms with van der Waals surface area (Å²) in [4.78, 5) is 14.4. The van der Waals surface area contributed by atoms with Crippen molar-refractivity contribution in [1.82, 2.24) is 10.2 Å². The number of fused-ring (bicyclic) bond motifs is 4. The second kappa shape index (κ2) is 3.86. The molecule has 1 aromatic rings. The number of hydrogen-bond donors (Lipinski definition) is 1. The first-order chi connectivity index (χ1) is 9.25. The van der Waals surface area contributed by atoms with Gasteiger partial charge in [0, 0.05) is 17.8 Å². The third-order valence-electron chi connectivity index (χ3n) is 4.73. The molecule has 2 atom stereocenters. The molecule has 0 aromatic heterocycles. The van der Waals surface area contributed by atoms with Crippen molar-refractivity contribution >= 4 is 5.91 Å². The third-order valence-corrected chi connectivity index (χ3v) is 4.73. The van der Waals surface area contributed by atoms with E-state index in [0.29, 0.717) is 6.04 Å². The Morgan fingerprint density at radius 1 is 1.26 bits per heavy atom. The number of carbonyl (C=O) groups is 1. The maximum absolute atomic E-state index is 11.9. The zero-order valence-electron chi connectivity index (χ0n) is 11.1. The minimum atomic E-state index is 0.153. The number of amides is 1. The van der Waals surface area contributed by atoms with Crippen molar-refractivity contribution in [2.45, 2.75) is 38.3 Å². The van der Waals surface area contributed by atoms with Crippen LogP contribution in [-0.4, -0.2) is 23.4 Å². The Balaban J connectivity index is 1.80. The predicted octanol–water partition coefficient (Wildman–Crippen LogP) is 2.15. The summed E-state index contributed by atoms with van der Waals surface area (Å²) in [7, 11) is 0. The lowest BCUT2D eigenvalue weighted by Gasteiger charge is -2.43. The molecule has 0 spiro atoms. The van der Waals surface area contributed by atoms with Crippen molar-refractivity contribution in [3.63, 3.8) is 0 Å². The monoisotopic (exact) mass is 254 g/mol. The highest BCUT2D eigenvalue weighted by molar-refractivity contribution is 5.97. The standard InChI is InChI=1S/C16H18N2O/c1-10-15-13(16(19)17-10)6-7-14-12-5-3-2-4-11(12)8-9-18(14)15/h2-5,10,14H,6-9H2,1H3,(H,17,19). The van der Waals surface area contributed by atoms with Crippen LogP contribution >= 0.6 is 0 Å². The van der Waals surface area contributed by atoms with Crippen LogP contribution in [-0.2, 0) is 11.2 Å². The van der Waals surface area contributed by atoms with Crippen molar-refractivity contribution in [3.05, 3.63) is 46.7 Å². The third kappa shape index (κ3) is 1.47. The maximum Gasteiger partial charge on any atom is 0.249 e. The topological polar surface area (TPSA) is 32.3 Å². The second-order valence-electron chi connectivity index (χ2n) is 5.76. The van der Waals surface area contributed by atoms with Gasteiger partial charge in [-0.1, -0.05) is 24.3 Å². The van der Waals surface area contributed by atoms with Gasteiger partial charge in [-0.25, -0.2) is 0 Å². The molecule has 1 N–H and O–H groups in total. The van der Waals surface area contributed by atoms with Crippen LogP contribution in [0.15, 0.2) is 35.5 Å². The Morgan fingerprint density at radius 2 is 2.11 bits per heavy atom. The smallest absolute Gasteiger partial charge is 0.249 e. The van der Waals surface area contributed by atoms with Crippen LogP contribution in [0.1, 0.15) is 36.9 Å². The highest BCUT2D eigenvalue weighted by Gasteiger charge is 2.40. The van der Waals surface area contributed by atoms with E-state index < -0.39 is 0 Å². The van der Waals surface area contributed by atoms with E-state index in [1.165, 1.54) is 16.8 Å². The molecule has 3 aliphatic rings. The van der Waals surface area contributed by atoms with E-state index in [2.05, 4.69) is 41.4 Å². The van der Waals surface area contributed by atoms with Gasteiger partial charge in [0.1, 0.15) is 0 Å². The van der Waals surface area contributed by atoms with E-state index in [-0.39, 0.29) is 11.9 Å². The van der Waals surface area contributed by atoms with Crippen LogP contribution in [0, 0.1) is 0 Å². The lowest BCUT2D eigenvalue weighted by atomic mass is 9.84. The van der Waals surface area contributed by atoms with Gasteiger partial charge in [-0.15, -0.1) is 0 Å². The van der Waals surface area contributed by atoms with Gasteiger partial charge >= 0.3 is 0 Å². The minimum Gasteiger partial charge on any atom is -0.365 e. The molecule has 0 aliphatic carbocycles. The molecule has 0 radical (unpaired) electrons. The zero-order chi connectivity index (χ0) is 13.0. The fourth-order valence-electron chi connectivity index (χ4n) is 3.93. The molecule has 1 amide bonds. The molecule has 0 fully saturated rings. The molecule has 19 heavy (non-hydrogen) atoms. The molecule has 3 aliphatic heterocycles. The molecule has 4 rings (SSSR count). The molecular weight excluding hydrogens is 236 g/mol. The van der Waals surface area contributed by atoms with Crippen molar-refractivity contribution in [2.24, 2.45) is 0 Å². The van der Waals surface area contributed by atoms with Gasteiger partial charge in [-0.2, -0.15) is 0 Å². The SMILES string of the molecule is CC1NC(=O)C2=C1N1CCc3ccccc3C1CC2. The van der Waals surface area contributed by atoms with Gasteiger partial charge < -0.3 is 10.2 Å². The average Bonchev–Trinajstić information content (AvgIpc) is 2.74. The van der Waals surface area contributed by atoms with E-state index >= 15 is 0 Å². The highest BCUT2D eigenvalue weighted by Crippen LogP contribution is 2.43. The lowest BCUT2D eigenvalue weighted by Crippen LogP contribution is -2.40. The Morgan fingerprint density at radius 3 is 3.00 bits per heavy atom. The molecule has 3 heteroatoms. The van der Waals surface area contributed by atoms with Crippen LogP contribution in [0.5, 0.6) is 0 Å². The quantitative estimate of drug-likeness (QED) is 0.769. The second-order valence-corrected chi connectivity index (χ2v) is 5.76. The number of carbonyl (C=O) groups excluding carboxylic acids is 1. The number of nitrogens with zero attached hydrogens (tertiary/aromatic N) is 1. The number of benzene rings is 1. The van der Waals surface area contributed by atoms with Gasteiger partial charge in [0.2, 0.25) is 5.91 Å². The van der Waals surface area contributed by atoms with Crippen molar-refractivity contribution < 1.29 is 4.79 Å². The largest absolute Gasteiger partial charge is 0.365 e. The Labute approximate surface area is 113 Å². The molecule has 98 valence electrons. The Hall–Kier alpha value is -1.77. The van der Waals surface area contributed by atoms with E-state index in [1.54, 1.807) is 0 Å². The van der Waals surface area contributed by atoms with Crippen LogP contribution in [0.4, 0.5) is 0 Å². The predicted molar refractivity (Wildman–Crippen MR) is 73.5 cm³/mol.